The number of carbonyl (C=O) groups is 2. The Kier molecular flexibility index (Phi) is 5.68. The Morgan fingerprint density at radius 1 is 1.50 bits per heavy atom. The summed E-state index contributed by atoms with van der Waals surface area (Å²) in [6.07, 6.45) is 2.83. The largest absolute Gasteiger partial charge is 0.345 e. The second-order valence-corrected chi connectivity index (χ2v) is 7.55. The van der Waals surface area contributed by atoms with Gasteiger partial charge < -0.3 is 15.2 Å². The summed E-state index contributed by atoms with van der Waals surface area (Å²) in [6, 6.07) is 7.64. The Morgan fingerprint density at radius 2 is 2.33 bits per heavy atom. The highest BCUT2D eigenvalue weighted by atomic mass is 32.2. The third-order valence-corrected chi connectivity index (χ3v) is 5.43. The van der Waals surface area contributed by atoms with Crippen molar-refractivity contribution in [2.45, 2.75) is 12.5 Å². The van der Waals surface area contributed by atoms with Gasteiger partial charge in [0.1, 0.15) is 12.4 Å². The fourth-order valence-electron chi connectivity index (χ4n) is 2.60. The van der Waals surface area contributed by atoms with E-state index < -0.39 is 0 Å². The molecule has 6 nitrogen and oxygen atoms in total. The molecule has 1 aliphatic heterocycles. The Labute approximate surface area is 149 Å². The van der Waals surface area contributed by atoms with Crippen LogP contribution in [0.25, 0.3) is 11.0 Å². The minimum absolute atomic E-state index is 0.0274. The van der Waals surface area contributed by atoms with Crippen LogP contribution < -0.4 is 5.32 Å². The molecule has 0 saturated carbocycles. The molecule has 0 radical (unpaired) electrons. The highest BCUT2D eigenvalue weighted by Crippen LogP contribution is 2.20. The first-order valence-corrected chi connectivity index (χ1v) is 10.3. The SMILES string of the molecule is CSCC[C@@H](NC(=O)CN1CSCC1=O)c1nc2ccccc2[nH]1. The molecule has 0 bridgehead atoms. The van der Waals surface area contributed by atoms with E-state index in [0.29, 0.717) is 11.6 Å². The maximum absolute atomic E-state index is 12.3. The van der Waals surface area contributed by atoms with Gasteiger partial charge in [0, 0.05) is 0 Å². The molecule has 2 amide bonds. The van der Waals surface area contributed by atoms with Crippen LogP contribution in [0.3, 0.4) is 0 Å². The van der Waals surface area contributed by atoms with Gasteiger partial charge in [0.25, 0.3) is 0 Å². The molecule has 24 heavy (non-hydrogen) atoms. The van der Waals surface area contributed by atoms with Crippen molar-refractivity contribution in [1.82, 2.24) is 20.2 Å². The maximum Gasteiger partial charge on any atom is 0.240 e. The van der Waals surface area contributed by atoms with Crippen LogP contribution in [0.4, 0.5) is 0 Å². The molecule has 2 aromatic rings. The summed E-state index contributed by atoms with van der Waals surface area (Å²) in [6.45, 7) is 0.113. The number of hydrogen-bond acceptors (Lipinski definition) is 5. The van der Waals surface area contributed by atoms with Gasteiger partial charge in [0.15, 0.2) is 0 Å². The minimum atomic E-state index is -0.178. The lowest BCUT2D eigenvalue weighted by molar-refractivity contribution is -0.132. The molecule has 1 aliphatic rings. The number of rotatable bonds is 7. The molecule has 1 aromatic heterocycles. The average molecular weight is 364 g/mol. The van der Waals surface area contributed by atoms with Crippen LogP contribution in [-0.4, -0.2) is 56.9 Å². The average Bonchev–Trinajstić information content (AvgIpc) is 3.17. The first kappa shape index (κ1) is 17.2. The van der Waals surface area contributed by atoms with Crippen molar-refractivity contribution < 1.29 is 9.59 Å². The highest BCUT2D eigenvalue weighted by molar-refractivity contribution is 8.00. The quantitative estimate of drug-likeness (QED) is 0.786. The number of para-hydroxylation sites is 2. The predicted octanol–water partition coefficient (Wildman–Crippen LogP) is 2.01. The Balaban J connectivity index is 1.70. The van der Waals surface area contributed by atoms with Crippen molar-refractivity contribution in [3.63, 3.8) is 0 Å². The second kappa shape index (κ2) is 7.94. The molecule has 1 saturated heterocycles. The van der Waals surface area contributed by atoms with Gasteiger partial charge >= 0.3 is 0 Å². The molecule has 1 fully saturated rings. The third-order valence-electron chi connectivity index (χ3n) is 3.84. The lowest BCUT2D eigenvalue weighted by Gasteiger charge is -2.19. The molecule has 0 unspecified atom stereocenters. The van der Waals surface area contributed by atoms with Crippen LogP contribution in [0, 0.1) is 0 Å². The van der Waals surface area contributed by atoms with Crippen LogP contribution >= 0.6 is 23.5 Å². The summed E-state index contributed by atoms with van der Waals surface area (Å²) in [5.41, 5.74) is 1.85. The van der Waals surface area contributed by atoms with E-state index in [1.54, 1.807) is 16.7 Å². The fraction of sp³-hybridized carbons (Fsp3) is 0.438. The normalized spacial score (nSPS) is 15.9. The highest BCUT2D eigenvalue weighted by Gasteiger charge is 2.25. The summed E-state index contributed by atoms with van der Waals surface area (Å²) < 4.78 is 0. The number of nitrogens with one attached hydrogen (secondary N) is 2. The molecule has 128 valence electrons. The molecular weight excluding hydrogens is 344 g/mol. The lowest BCUT2D eigenvalue weighted by atomic mass is 10.2. The molecule has 2 N–H and O–H groups in total. The fourth-order valence-corrected chi connectivity index (χ4v) is 3.98. The summed E-state index contributed by atoms with van der Waals surface area (Å²) in [7, 11) is 0. The smallest absolute Gasteiger partial charge is 0.240 e. The number of fused-ring (bicyclic) bond motifs is 1. The number of H-pyrrole nitrogens is 1. The van der Waals surface area contributed by atoms with Crippen molar-refractivity contribution in [3.8, 4) is 0 Å². The van der Waals surface area contributed by atoms with E-state index in [1.807, 2.05) is 30.5 Å². The molecule has 0 aliphatic carbocycles. The number of nitrogens with zero attached hydrogens (tertiary/aromatic N) is 2. The van der Waals surface area contributed by atoms with Crippen molar-refractivity contribution in [2.75, 3.05) is 30.2 Å². The van der Waals surface area contributed by atoms with Gasteiger partial charge in [-0.1, -0.05) is 12.1 Å². The van der Waals surface area contributed by atoms with E-state index in [4.69, 9.17) is 0 Å². The Morgan fingerprint density at radius 3 is 3.04 bits per heavy atom. The topological polar surface area (TPSA) is 78.1 Å². The van der Waals surface area contributed by atoms with E-state index in [-0.39, 0.29) is 24.4 Å². The van der Waals surface area contributed by atoms with E-state index in [9.17, 15) is 9.59 Å². The number of imidazole rings is 1. The third kappa shape index (κ3) is 4.05. The lowest BCUT2D eigenvalue weighted by Crippen LogP contribution is -2.40. The van der Waals surface area contributed by atoms with E-state index in [2.05, 4.69) is 15.3 Å². The van der Waals surface area contributed by atoms with Crippen molar-refractivity contribution in [1.29, 1.82) is 0 Å². The van der Waals surface area contributed by atoms with Crippen molar-refractivity contribution >= 4 is 46.4 Å². The van der Waals surface area contributed by atoms with Gasteiger partial charge in [-0.3, -0.25) is 9.59 Å². The molecular formula is C16H20N4O2S2. The summed E-state index contributed by atoms with van der Waals surface area (Å²) in [5, 5.41) is 3.03. The van der Waals surface area contributed by atoms with E-state index in [0.717, 1.165) is 29.0 Å². The zero-order valence-corrected chi connectivity index (χ0v) is 15.1. The first-order chi connectivity index (χ1) is 11.7. The molecule has 1 atom stereocenters. The predicted molar refractivity (Wildman–Crippen MR) is 99.0 cm³/mol. The maximum atomic E-state index is 12.3. The number of aromatic amines is 1. The van der Waals surface area contributed by atoms with E-state index in [1.165, 1.54) is 11.8 Å². The van der Waals surface area contributed by atoms with Gasteiger partial charge in [-0.05, 0) is 30.6 Å². The Hall–Kier alpha value is -1.67. The van der Waals surface area contributed by atoms with Crippen LogP contribution in [0.15, 0.2) is 24.3 Å². The van der Waals surface area contributed by atoms with Crippen LogP contribution in [0.2, 0.25) is 0 Å². The monoisotopic (exact) mass is 364 g/mol. The number of amides is 2. The molecule has 2 heterocycles. The summed E-state index contributed by atoms with van der Waals surface area (Å²) >= 11 is 3.27. The van der Waals surface area contributed by atoms with Gasteiger partial charge in [0.05, 0.1) is 28.7 Å². The number of aromatic nitrogens is 2. The van der Waals surface area contributed by atoms with Crippen LogP contribution in [0.5, 0.6) is 0 Å². The molecule has 1 aromatic carbocycles. The molecule has 0 spiro atoms. The number of hydrogen-bond donors (Lipinski definition) is 2. The molecule has 8 heteroatoms. The van der Waals surface area contributed by atoms with Crippen LogP contribution in [-0.2, 0) is 9.59 Å². The van der Waals surface area contributed by atoms with Gasteiger partial charge in [0.2, 0.25) is 11.8 Å². The van der Waals surface area contributed by atoms with E-state index >= 15 is 0 Å². The molecule has 3 rings (SSSR count). The van der Waals surface area contributed by atoms with Gasteiger partial charge in [-0.25, -0.2) is 4.98 Å². The minimum Gasteiger partial charge on any atom is -0.345 e. The van der Waals surface area contributed by atoms with Crippen molar-refractivity contribution in [2.24, 2.45) is 0 Å². The second-order valence-electron chi connectivity index (χ2n) is 5.61. The summed E-state index contributed by atoms with van der Waals surface area (Å²) in [5.74, 6) is 2.62. The standard InChI is InChI=1S/C16H20N4O2S2/c1-23-7-6-13(16-18-11-4-2-3-5-12(11)19-16)17-14(21)8-20-10-24-9-15(20)22/h2-5,13H,6-10H2,1H3,(H,17,21)(H,18,19)/t13-/m1/s1. The number of benzene rings is 1. The van der Waals surface area contributed by atoms with Crippen LogP contribution in [0.1, 0.15) is 18.3 Å². The van der Waals surface area contributed by atoms with Gasteiger partial charge in [-0.2, -0.15) is 11.8 Å². The van der Waals surface area contributed by atoms with Crippen molar-refractivity contribution in [3.05, 3.63) is 30.1 Å². The summed E-state index contributed by atoms with van der Waals surface area (Å²) in [4.78, 5) is 33.5. The number of thioether (sulfide) groups is 2. The van der Waals surface area contributed by atoms with Gasteiger partial charge in [-0.15, -0.1) is 11.8 Å². The Bertz CT molecular complexity index is 701. The zero-order valence-electron chi connectivity index (χ0n) is 13.4. The zero-order chi connectivity index (χ0) is 16.9. The first-order valence-electron chi connectivity index (χ1n) is 7.76. The number of carbonyl (C=O) groups excluding carboxylic acids is 2.